The van der Waals surface area contributed by atoms with Crippen LogP contribution in [0.3, 0.4) is 0 Å². The second-order valence-corrected chi connectivity index (χ2v) is 5.43. The van der Waals surface area contributed by atoms with E-state index >= 15 is 0 Å². The maximum Gasteiger partial charge on any atom is 0.267 e. The number of aromatic nitrogens is 2. The van der Waals surface area contributed by atoms with Crippen molar-refractivity contribution in [1.29, 1.82) is 5.26 Å². The molecule has 8 nitrogen and oxygen atoms in total. The van der Waals surface area contributed by atoms with E-state index in [-0.39, 0.29) is 22.2 Å². The molecule has 0 fully saturated rings. The first kappa shape index (κ1) is 13.7. The molecule has 9 heteroatoms. The molecule has 0 unspecified atom stereocenters. The summed E-state index contributed by atoms with van der Waals surface area (Å²) in [5.41, 5.74) is 6.04. The van der Waals surface area contributed by atoms with E-state index in [1.165, 1.54) is 25.3 Å². The smallest absolute Gasteiger partial charge is 0.267 e. The zero-order valence-electron chi connectivity index (χ0n) is 10.4. The van der Waals surface area contributed by atoms with Crippen LogP contribution in [-0.2, 0) is 10.0 Å². The van der Waals surface area contributed by atoms with E-state index in [4.69, 9.17) is 15.7 Å². The molecule has 0 atom stereocenters. The fourth-order valence-corrected chi connectivity index (χ4v) is 2.64. The van der Waals surface area contributed by atoms with Gasteiger partial charge < -0.3 is 10.5 Å². The number of methoxy groups -OCH3 is 1. The van der Waals surface area contributed by atoms with Crippen LogP contribution in [0.15, 0.2) is 29.3 Å². The topological polar surface area (TPSA) is 134 Å². The highest BCUT2D eigenvalue weighted by Gasteiger charge is 2.21. The van der Waals surface area contributed by atoms with Gasteiger partial charge in [0.1, 0.15) is 16.5 Å². The molecule has 0 saturated carbocycles. The molecular formula is C11H11N5O3S. The number of hydrogen-bond donors (Lipinski definition) is 3. The Morgan fingerprint density at radius 1 is 1.50 bits per heavy atom. The highest BCUT2D eigenvalue weighted by atomic mass is 32.2. The first-order valence-electron chi connectivity index (χ1n) is 5.37. The number of nitrogen functional groups attached to an aromatic ring is 1. The Bertz CT molecular complexity index is 776. The van der Waals surface area contributed by atoms with Crippen molar-refractivity contribution in [3.05, 3.63) is 30.0 Å². The maximum atomic E-state index is 12.1. The fraction of sp³-hybridized carbons (Fsp3) is 0.0909. The van der Waals surface area contributed by atoms with Gasteiger partial charge in [-0.05, 0) is 12.1 Å². The summed E-state index contributed by atoms with van der Waals surface area (Å²) in [6.45, 7) is 0. The number of anilines is 2. The zero-order chi connectivity index (χ0) is 14.8. The van der Waals surface area contributed by atoms with Crippen molar-refractivity contribution in [1.82, 2.24) is 10.2 Å². The molecule has 20 heavy (non-hydrogen) atoms. The number of aromatic amines is 1. The van der Waals surface area contributed by atoms with Crippen LogP contribution >= 0.6 is 0 Å². The van der Waals surface area contributed by atoms with E-state index in [1.54, 1.807) is 0 Å². The molecule has 2 rings (SSSR count). The number of sulfonamides is 1. The molecule has 0 spiro atoms. The van der Waals surface area contributed by atoms with Gasteiger partial charge in [0.05, 0.1) is 30.6 Å². The highest BCUT2D eigenvalue weighted by Crippen LogP contribution is 2.28. The Hall–Kier alpha value is -2.73. The van der Waals surface area contributed by atoms with Gasteiger partial charge in [0, 0.05) is 6.07 Å². The van der Waals surface area contributed by atoms with Crippen LogP contribution in [0, 0.1) is 11.3 Å². The average molecular weight is 293 g/mol. The predicted molar refractivity (Wildman–Crippen MR) is 71.5 cm³/mol. The first-order valence-corrected chi connectivity index (χ1v) is 6.86. The Morgan fingerprint density at radius 3 is 2.80 bits per heavy atom. The van der Waals surface area contributed by atoms with Gasteiger partial charge in [0.25, 0.3) is 10.0 Å². The number of nitrogens with two attached hydrogens (primary N) is 1. The van der Waals surface area contributed by atoms with Crippen LogP contribution in [0.25, 0.3) is 0 Å². The van der Waals surface area contributed by atoms with Crippen molar-refractivity contribution in [3.63, 3.8) is 0 Å². The second kappa shape index (κ2) is 5.10. The number of nitrogens with one attached hydrogen (secondary N) is 2. The van der Waals surface area contributed by atoms with Crippen LogP contribution in [-0.4, -0.2) is 25.7 Å². The third kappa shape index (κ3) is 2.50. The van der Waals surface area contributed by atoms with Gasteiger partial charge in [-0.1, -0.05) is 0 Å². The van der Waals surface area contributed by atoms with Crippen molar-refractivity contribution in [2.75, 3.05) is 17.6 Å². The summed E-state index contributed by atoms with van der Waals surface area (Å²) in [6, 6.07) is 6.27. The van der Waals surface area contributed by atoms with Gasteiger partial charge in [-0.15, -0.1) is 0 Å². The minimum absolute atomic E-state index is 0.0647. The van der Waals surface area contributed by atoms with Crippen LogP contribution in [0.2, 0.25) is 0 Å². The van der Waals surface area contributed by atoms with Crippen LogP contribution in [0.1, 0.15) is 5.56 Å². The monoisotopic (exact) mass is 293 g/mol. The molecule has 0 aliphatic carbocycles. The largest absolute Gasteiger partial charge is 0.495 e. The summed E-state index contributed by atoms with van der Waals surface area (Å²) in [7, 11) is -2.51. The lowest BCUT2D eigenvalue weighted by molar-refractivity contribution is 0.416. The number of benzene rings is 1. The van der Waals surface area contributed by atoms with E-state index in [1.807, 2.05) is 6.07 Å². The molecule has 1 aromatic carbocycles. The third-order valence-corrected chi connectivity index (χ3v) is 3.89. The fourth-order valence-electron chi connectivity index (χ4n) is 1.54. The minimum atomic E-state index is -3.88. The number of hydrogen-bond acceptors (Lipinski definition) is 6. The molecule has 0 aliphatic heterocycles. The number of ether oxygens (including phenoxy) is 1. The number of nitrogens with zero attached hydrogens (tertiary/aromatic N) is 2. The van der Waals surface area contributed by atoms with Crippen LogP contribution in [0.5, 0.6) is 5.75 Å². The van der Waals surface area contributed by atoms with Crippen molar-refractivity contribution in [2.24, 2.45) is 0 Å². The SMILES string of the molecule is COc1cc(C#N)ccc1NS(=O)(=O)c1cn[nH]c1N. The van der Waals surface area contributed by atoms with Crippen molar-refractivity contribution >= 4 is 21.5 Å². The summed E-state index contributed by atoms with van der Waals surface area (Å²) in [6.07, 6.45) is 1.10. The van der Waals surface area contributed by atoms with Crippen LogP contribution < -0.4 is 15.2 Å². The predicted octanol–water partition coefficient (Wildman–Crippen LogP) is 0.673. The standard InChI is InChI=1S/C11H11N5O3S/c1-19-9-4-7(5-12)2-3-8(9)16-20(17,18)10-6-14-15-11(10)13/h2-4,6,16H,1H3,(H3,13,14,15). The number of rotatable bonds is 4. The molecule has 104 valence electrons. The van der Waals surface area contributed by atoms with Crippen LogP contribution in [0.4, 0.5) is 11.5 Å². The molecular weight excluding hydrogens is 282 g/mol. The molecule has 0 aliphatic rings. The molecule has 2 aromatic rings. The molecule has 0 radical (unpaired) electrons. The summed E-state index contributed by atoms with van der Waals surface area (Å²) in [4.78, 5) is -0.163. The Kier molecular flexibility index (Phi) is 3.49. The Morgan fingerprint density at radius 2 is 2.25 bits per heavy atom. The van der Waals surface area contributed by atoms with E-state index in [9.17, 15) is 8.42 Å². The Labute approximate surface area is 115 Å². The van der Waals surface area contributed by atoms with Gasteiger partial charge in [0.15, 0.2) is 0 Å². The summed E-state index contributed by atoms with van der Waals surface area (Å²) in [5, 5.41) is 14.7. The highest BCUT2D eigenvalue weighted by molar-refractivity contribution is 7.92. The lowest BCUT2D eigenvalue weighted by Crippen LogP contribution is -2.14. The lowest BCUT2D eigenvalue weighted by Gasteiger charge is -2.11. The molecule has 0 saturated heterocycles. The van der Waals surface area contributed by atoms with Gasteiger partial charge in [-0.25, -0.2) is 8.42 Å². The van der Waals surface area contributed by atoms with Gasteiger partial charge in [0.2, 0.25) is 0 Å². The van der Waals surface area contributed by atoms with Gasteiger partial charge in [-0.2, -0.15) is 10.4 Å². The van der Waals surface area contributed by atoms with Crippen molar-refractivity contribution in [2.45, 2.75) is 4.90 Å². The zero-order valence-corrected chi connectivity index (χ0v) is 11.2. The first-order chi connectivity index (χ1) is 9.47. The maximum absolute atomic E-state index is 12.1. The van der Waals surface area contributed by atoms with E-state index in [0.717, 1.165) is 6.20 Å². The van der Waals surface area contributed by atoms with E-state index < -0.39 is 10.0 Å². The molecule has 1 aromatic heterocycles. The summed E-state index contributed by atoms with van der Waals surface area (Å²) in [5.74, 6) is 0.166. The van der Waals surface area contributed by atoms with Gasteiger partial charge >= 0.3 is 0 Å². The molecule has 1 heterocycles. The average Bonchev–Trinajstić information content (AvgIpc) is 2.86. The van der Waals surface area contributed by atoms with Crippen molar-refractivity contribution in [3.8, 4) is 11.8 Å². The third-order valence-electron chi connectivity index (χ3n) is 2.50. The normalized spacial score (nSPS) is 10.8. The molecule has 0 amide bonds. The van der Waals surface area contributed by atoms with E-state index in [0.29, 0.717) is 5.56 Å². The minimum Gasteiger partial charge on any atom is -0.495 e. The van der Waals surface area contributed by atoms with Crippen molar-refractivity contribution < 1.29 is 13.2 Å². The molecule has 0 bridgehead atoms. The summed E-state index contributed by atoms with van der Waals surface area (Å²) < 4.78 is 31.6. The van der Waals surface area contributed by atoms with Gasteiger partial charge in [-0.3, -0.25) is 9.82 Å². The quantitative estimate of drug-likeness (QED) is 0.758. The Balaban J connectivity index is 2.40. The number of nitriles is 1. The second-order valence-electron chi connectivity index (χ2n) is 3.78. The lowest BCUT2D eigenvalue weighted by atomic mass is 10.2. The number of H-pyrrole nitrogens is 1. The summed E-state index contributed by atoms with van der Waals surface area (Å²) >= 11 is 0. The van der Waals surface area contributed by atoms with E-state index in [2.05, 4.69) is 14.9 Å². The molecule has 4 N–H and O–H groups in total.